The van der Waals surface area contributed by atoms with Gasteiger partial charge in [0.25, 0.3) is 0 Å². The van der Waals surface area contributed by atoms with Crippen LogP contribution in [0.2, 0.25) is 5.02 Å². The van der Waals surface area contributed by atoms with Crippen LogP contribution in [0.15, 0.2) is 24.3 Å². The molecule has 0 bridgehead atoms. The van der Waals surface area contributed by atoms with Crippen LogP contribution in [0.25, 0.3) is 0 Å². The van der Waals surface area contributed by atoms with Gasteiger partial charge < -0.3 is 10.2 Å². The number of nitrogens with one attached hydrogen (secondary N) is 1. The van der Waals surface area contributed by atoms with Crippen LogP contribution in [-0.2, 0) is 16.0 Å². The maximum Gasteiger partial charge on any atom is 0.245 e. The molecule has 0 saturated carbocycles. The van der Waals surface area contributed by atoms with Gasteiger partial charge in [0.1, 0.15) is 5.54 Å². The Morgan fingerprint density at radius 1 is 1.47 bits per heavy atom. The van der Waals surface area contributed by atoms with Gasteiger partial charge in [-0.2, -0.15) is 0 Å². The van der Waals surface area contributed by atoms with E-state index in [4.69, 9.17) is 11.6 Å². The summed E-state index contributed by atoms with van der Waals surface area (Å²) in [5.74, 6) is -0.166. The van der Waals surface area contributed by atoms with Crippen LogP contribution in [0.4, 0.5) is 0 Å². The summed E-state index contributed by atoms with van der Waals surface area (Å²) in [7, 11) is 0. The zero-order valence-corrected chi connectivity index (χ0v) is 11.8. The van der Waals surface area contributed by atoms with Crippen molar-refractivity contribution in [3.8, 4) is 0 Å². The van der Waals surface area contributed by atoms with Gasteiger partial charge in [-0.15, -0.1) is 0 Å². The summed E-state index contributed by atoms with van der Waals surface area (Å²) < 4.78 is 0. The summed E-state index contributed by atoms with van der Waals surface area (Å²) >= 11 is 5.90. The van der Waals surface area contributed by atoms with Crippen molar-refractivity contribution in [2.24, 2.45) is 0 Å². The standard InChI is InChI=1S/C14H17ClN2O2/c1-14(2)13(19)16-6-7-17(14)12(18)9-10-4-3-5-11(15)8-10/h3-5,8H,6-7,9H2,1-2H3,(H,16,19). The van der Waals surface area contributed by atoms with Gasteiger partial charge in [-0.05, 0) is 31.5 Å². The Labute approximate surface area is 117 Å². The fourth-order valence-corrected chi connectivity index (χ4v) is 2.47. The van der Waals surface area contributed by atoms with Gasteiger partial charge >= 0.3 is 0 Å². The van der Waals surface area contributed by atoms with Crippen LogP contribution >= 0.6 is 11.6 Å². The van der Waals surface area contributed by atoms with E-state index >= 15 is 0 Å². The first-order valence-corrected chi connectivity index (χ1v) is 6.62. The molecule has 1 heterocycles. The first-order chi connectivity index (χ1) is 8.91. The summed E-state index contributed by atoms with van der Waals surface area (Å²) in [5, 5.41) is 3.39. The second kappa shape index (κ2) is 5.21. The molecular weight excluding hydrogens is 264 g/mol. The average molecular weight is 281 g/mol. The van der Waals surface area contributed by atoms with Crippen molar-refractivity contribution >= 4 is 23.4 Å². The Morgan fingerprint density at radius 2 is 2.21 bits per heavy atom. The predicted molar refractivity (Wildman–Crippen MR) is 74.0 cm³/mol. The summed E-state index contributed by atoms with van der Waals surface area (Å²) in [6.45, 7) is 4.57. The highest BCUT2D eigenvalue weighted by Crippen LogP contribution is 2.20. The molecule has 0 atom stereocenters. The lowest BCUT2D eigenvalue weighted by Gasteiger charge is -2.41. The van der Waals surface area contributed by atoms with E-state index in [9.17, 15) is 9.59 Å². The molecule has 5 heteroatoms. The average Bonchev–Trinajstić information content (AvgIpc) is 2.32. The van der Waals surface area contributed by atoms with Crippen LogP contribution in [0.5, 0.6) is 0 Å². The lowest BCUT2D eigenvalue weighted by molar-refractivity contribution is -0.148. The van der Waals surface area contributed by atoms with Crippen molar-refractivity contribution in [1.29, 1.82) is 0 Å². The number of carbonyl (C=O) groups is 2. The highest BCUT2D eigenvalue weighted by Gasteiger charge is 2.40. The first-order valence-electron chi connectivity index (χ1n) is 6.24. The molecule has 1 fully saturated rings. The van der Waals surface area contributed by atoms with Gasteiger partial charge in [-0.1, -0.05) is 23.7 Å². The van der Waals surface area contributed by atoms with Crippen molar-refractivity contribution in [3.63, 3.8) is 0 Å². The molecule has 19 heavy (non-hydrogen) atoms. The Hall–Kier alpha value is -1.55. The van der Waals surface area contributed by atoms with E-state index in [0.29, 0.717) is 18.1 Å². The molecule has 0 aromatic heterocycles. The predicted octanol–water partition coefficient (Wildman–Crippen LogP) is 1.62. The second-order valence-corrected chi connectivity index (χ2v) is 5.60. The number of hydrogen-bond acceptors (Lipinski definition) is 2. The molecule has 1 N–H and O–H groups in total. The molecule has 0 unspecified atom stereocenters. The van der Waals surface area contributed by atoms with Gasteiger partial charge in [0.2, 0.25) is 11.8 Å². The van der Waals surface area contributed by atoms with Crippen LogP contribution in [-0.4, -0.2) is 35.3 Å². The quantitative estimate of drug-likeness (QED) is 0.895. The lowest BCUT2D eigenvalue weighted by atomic mass is 9.97. The number of halogens is 1. The van der Waals surface area contributed by atoms with Gasteiger partial charge in [0.05, 0.1) is 6.42 Å². The molecule has 1 aliphatic heterocycles. The van der Waals surface area contributed by atoms with Crippen LogP contribution in [0, 0.1) is 0 Å². The maximum atomic E-state index is 12.3. The molecule has 1 aromatic carbocycles. The van der Waals surface area contributed by atoms with Crippen molar-refractivity contribution < 1.29 is 9.59 Å². The molecular formula is C14H17ClN2O2. The van der Waals surface area contributed by atoms with E-state index in [0.717, 1.165) is 5.56 Å². The molecule has 1 aromatic rings. The minimum absolute atomic E-state index is 0.0536. The zero-order valence-electron chi connectivity index (χ0n) is 11.1. The van der Waals surface area contributed by atoms with Gasteiger partial charge in [-0.25, -0.2) is 0 Å². The molecule has 0 aliphatic carbocycles. The van der Waals surface area contributed by atoms with Crippen molar-refractivity contribution in [3.05, 3.63) is 34.9 Å². The second-order valence-electron chi connectivity index (χ2n) is 5.17. The topological polar surface area (TPSA) is 49.4 Å². The highest BCUT2D eigenvalue weighted by molar-refractivity contribution is 6.30. The van der Waals surface area contributed by atoms with Crippen molar-refractivity contribution in [1.82, 2.24) is 10.2 Å². The molecule has 1 aliphatic rings. The largest absolute Gasteiger partial charge is 0.352 e. The van der Waals surface area contributed by atoms with Crippen molar-refractivity contribution in [2.45, 2.75) is 25.8 Å². The Morgan fingerprint density at radius 3 is 2.89 bits per heavy atom. The molecule has 0 spiro atoms. The normalized spacial score (nSPS) is 18.1. The smallest absolute Gasteiger partial charge is 0.245 e. The van der Waals surface area contributed by atoms with Gasteiger partial charge in [0.15, 0.2) is 0 Å². The third kappa shape index (κ3) is 2.89. The third-order valence-electron chi connectivity index (χ3n) is 3.40. The number of nitrogens with zero attached hydrogens (tertiary/aromatic N) is 1. The van der Waals surface area contributed by atoms with E-state index in [1.54, 1.807) is 30.9 Å². The van der Waals surface area contributed by atoms with Crippen molar-refractivity contribution in [2.75, 3.05) is 13.1 Å². The van der Waals surface area contributed by atoms with Crippen LogP contribution < -0.4 is 5.32 Å². The fraction of sp³-hybridized carbons (Fsp3) is 0.429. The van der Waals surface area contributed by atoms with E-state index in [1.807, 2.05) is 12.1 Å². The summed E-state index contributed by atoms with van der Waals surface area (Å²) in [6, 6.07) is 7.23. The van der Waals surface area contributed by atoms with E-state index in [2.05, 4.69) is 5.32 Å². The molecule has 0 radical (unpaired) electrons. The Balaban J connectivity index is 2.13. The molecule has 1 saturated heterocycles. The number of amides is 2. The number of piperazine rings is 1. The number of rotatable bonds is 2. The SMILES string of the molecule is CC1(C)C(=O)NCCN1C(=O)Cc1cccc(Cl)c1. The molecule has 102 valence electrons. The minimum Gasteiger partial charge on any atom is -0.352 e. The monoisotopic (exact) mass is 280 g/mol. The molecule has 2 rings (SSSR count). The van der Waals surface area contributed by atoms with Gasteiger partial charge in [-0.3, -0.25) is 9.59 Å². The van der Waals surface area contributed by atoms with E-state index < -0.39 is 5.54 Å². The van der Waals surface area contributed by atoms with E-state index in [-0.39, 0.29) is 18.2 Å². The maximum absolute atomic E-state index is 12.3. The van der Waals surface area contributed by atoms with Crippen LogP contribution in [0.3, 0.4) is 0 Å². The fourth-order valence-electron chi connectivity index (χ4n) is 2.25. The first kappa shape index (κ1) is 13.9. The Bertz CT molecular complexity index is 514. The summed E-state index contributed by atoms with van der Waals surface area (Å²) in [4.78, 5) is 25.8. The molecule has 2 amide bonds. The Kier molecular flexibility index (Phi) is 3.80. The molecule has 4 nitrogen and oxygen atoms in total. The highest BCUT2D eigenvalue weighted by atomic mass is 35.5. The minimum atomic E-state index is -0.798. The van der Waals surface area contributed by atoms with E-state index in [1.165, 1.54) is 0 Å². The zero-order chi connectivity index (χ0) is 14.0. The third-order valence-corrected chi connectivity index (χ3v) is 3.63. The number of carbonyl (C=O) groups excluding carboxylic acids is 2. The van der Waals surface area contributed by atoms with Crippen LogP contribution in [0.1, 0.15) is 19.4 Å². The summed E-state index contributed by atoms with van der Waals surface area (Å²) in [6.07, 6.45) is 0.261. The summed E-state index contributed by atoms with van der Waals surface area (Å²) in [5.41, 5.74) is 0.0627. The number of hydrogen-bond donors (Lipinski definition) is 1. The van der Waals surface area contributed by atoms with Gasteiger partial charge in [0, 0.05) is 18.1 Å². The lowest BCUT2D eigenvalue weighted by Crippen LogP contribution is -2.63. The number of benzene rings is 1.